The lowest BCUT2D eigenvalue weighted by atomic mass is 10.0. The van der Waals surface area contributed by atoms with Gasteiger partial charge >= 0.3 is 35.9 Å². The third kappa shape index (κ3) is 24.5. The number of nitrogens with one attached hydrogen (secondary N) is 1. The van der Waals surface area contributed by atoms with E-state index in [0.717, 1.165) is 17.5 Å². The molecule has 1 aromatic rings. The van der Waals surface area contributed by atoms with Crippen molar-refractivity contribution in [2.75, 3.05) is 92.0 Å². The summed E-state index contributed by atoms with van der Waals surface area (Å²) in [4.78, 5) is 85.7. The largest absolute Gasteiger partial charge is 0.465 e. The topological polar surface area (TPSA) is 189 Å². The maximum atomic E-state index is 13.6. The molecule has 0 heterocycles. The second kappa shape index (κ2) is 29.8. The van der Waals surface area contributed by atoms with Crippen LogP contribution in [-0.4, -0.2) is 154 Å². The highest BCUT2D eigenvalue weighted by atomic mass is 16.7. The number of esters is 5. The Morgan fingerprint density at radius 1 is 0.586 bits per heavy atom. The molecular formula is C41H68N4O13. The molecule has 0 aliphatic heterocycles. The standard InChI is InChI=1S/C41H68N4O13/c1-9-52-35(46)28-43(29-36(47)53-10-2)23-25-45(26-24-44(30-37(48)54-11-3)31-38(49)55-12-4)34(39(50)56-13-5)18-14-16-32-19-21-33(22-20-32)17-15-27-57-42-40(51)58-41(6,7)8/h19-22,34H,9-18,23-31H2,1-8H3,(H,42,51). The fourth-order valence-corrected chi connectivity index (χ4v) is 5.77. The number of carbonyl (C=O) groups is 6. The molecule has 0 spiro atoms. The van der Waals surface area contributed by atoms with Crippen molar-refractivity contribution in [3.05, 3.63) is 35.4 Å². The molecule has 0 fully saturated rings. The van der Waals surface area contributed by atoms with Crippen molar-refractivity contribution in [1.82, 2.24) is 20.2 Å². The van der Waals surface area contributed by atoms with Gasteiger partial charge in [-0.2, -0.15) is 5.48 Å². The number of rotatable bonds is 30. The summed E-state index contributed by atoms with van der Waals surface area (Å²) >= 11 is 0. The van der Waals surface area contributed by atoms with Gasteiger partial charge in [0, 0.05) is 26.2 Å². The average Bonchev–Trinajstić information content (AvgIpc) is 3.13. The van der Waals surface area contributed by atoms with Gasteiger partial charge < -0.3 is 28.4 Å². The number of benzene rings is 1. The first-order chi connectivity index (χ1) is 27.6. The molecular weight excluding hydrogens is 756 g/mol. The Morgan fingerprint density at radius 2 is 0.983 bits per heavy atom. The normalized spacial score (nSPS) is 11.9. The molecule has 1 N–H and O–H groups in total. The Morgan fingerprint density at radius 3 is 1.36 bits per heavy atom. The lowest BCUT2D eigenvalue weighted by molar-refractivity contribution is -0.152. The first kappa shape index (κ1) is 51.7. The maximum absolute atomic E-state index is 13.6. The van der Waals surface area contributed by atoms with Gasteiger partial charge in [-0.3, -0.25) is 43.5 Å². The summed E-state index contributed by atoms with van der Waals surface area (Å²) in [5.41, 5.74) is 3.85. The minimum absolute atomic E-state index is 0.155. The summed E-state index contributed by atoms with van der Waals surface area (Å²) in [5.74, 6) is -2.48. The van der Waals surface area contributed by atoms with E-state index in [2.05, 4.69) is 5.48 Å². The van der Waals surface area contributed by atoms with Crippen molar-refractivity contribution in [3.8, 4) is 0 Å². The van der Waals surface area contributed by atoms with Crippen LogP contribution in [0.15, 0.2) is 24.3 Å². The maximum Gasteiger partial charge on any atom is 0.431 e. The average molecular weight is 825 g/mol. The smallest absolute Gasteiger partial charge is 0.431 e. The van der Waals surface area contributed by atoms with Crippen molar-refractivity contribution >= 4 is 35.9 Å². The Hall–Kier alpha value is -4.32. The van der Waals surface area contributed by atoms with Gasteiger partial charge in [-0.1, -0.05) is 24.3 Å². The van der Waals surface area contributed by atoms with E-state index in [1.807, 2.05) is 29.2 Å². The van der Waals surface area contributed by atoms with Gasteiger partial charge in [0.15, 0.2) is 0 Å². The fourth-order valence-electron chi connectivity index (χ4n) is 5.77. The molecule has 1 amide bonds. The number of aryl methyl sites for hydroxylation is 2. The van der Waals surface area contributed by atoms with Gasteiger partial charge in [0.25, 0.3) is 0 Å². The zero-order chi connectivity index (χ0) is 43.3. The van der Waals surface area contributed by atoms with Crippen LogP contribution >= 0.6 is 0 Å². The number of ether oxygens (including phenoxy) is 6. The van der Waals surface area contributed by atoms with E-state index in [1.54, 1.807) is 65.2 Å². The van der Waals surface area contributed by atoms with Gasteiger partial charge in [-0.15, -0.1) is 0 Å². The molecule has 0 saturated carbocycles. The van der Waals surface area contributed by atoms with Crippen molar-refractivity contribution < 1.29 is 62.0 Å². The zero-order valence-corrected chi connectivity index (χ0v) is 36.0. The molecule has 1 atom stereocenters. The molecule has 0 bridgehead atoms. The van der Waals surface area contributed by atoms with Crippen LogP contribution in [0.25, 0.3) is 0 Å². The lowest BCUT2D eigenvalue weighted by Crippen LogP contribution is -2.50. The van der Waals surface area contributed by atoms with Crippen LogP contribution in [0.3, 0.4) is 0 Å². The molecule has 1 rings (SSSR count). The number of amides is 1. The summed E-state index contributed by atoms with van der Waals surface area (Å²) in [6.07, 6.45) is 2.48. The van der Waals surface area contributed by atoms with E-state index in [0.29, 0.717) is 32.3 Å². The van der Waals surface area contributed by atoms with Crippen LogP contribution in [0.4, 0.5) is 4.79 Å². The van der Waals surface area contributed by atoms with Crippen molar-refractivity contribution in [3.63, 3.8) is 0 Å². The minimum atomic E-state index is -0.729. The molecule has 17 heteroatoms. The van der Waals surface area contributed by atoms with Crippen LogP contribution in [0, 0.1) is 0 Å². The number of hydroxylamine groups is 1. The van der Waals surface area contributed by atoms with E-state index in [4.69, 9.17) is 33.3 Å². The first-order valence-corrected chi connectivity index (χ1v) is 20.3. The fraction of sp³-hybridized carbons (Fsp3) is 0.707. The Kier molecular flexibility index (Phi) is 26.6. The van der Waals surface area contributed by atoms with Gasteiger partial charge in [0.2, 0.25) is 0 Å². The zero-order valence-electron chi connectivity index (χ0n) is 36.0. The van der Waals surface area contributed by atoms with Crippen molar-refractivity contribution in [2.45, 2.75) is 99.1 Å². The Bertz CT molecular complexity index is 1280. The van der Waals surface area contributed by atoms with Gasteiger partial charge in [0.05, 0.1) is 65.8 Å². The van der Waals surface area contributed by atoms with Crippen LogP contribution in [0.2, 0.25) is 0 Å². The minimum Gasteiger partial charge on any atom is -0.465 e. The van der Waals surface area contributed by atoms with E-state index in [1.165, 1.54) is 0 Å². The number of hydrogen-bond acceptors (Lipinski definition) is 16. The summed E-state index contributed by atoms with van der Waals surface area (Å²) in [7, 11) is 0. The Labute approximate surface area is 344 Å². The highest BCUT2D eigenvalue weighted by molar-refractivity contribution is 5.76. The molecule has 0 aromatic heterocycles. The molecule has 1 aromatic carbocycles. The van der Waals surface area contributed by atoms with Crippen LogP contribution in [0.5, 0.6) is 0 Å². The van der Waals surface area contributed by atoms with E-state index in [9.17, 15) is 28.8 Å². The van der Waals surface area contributed by atoms with Crippen LogP contribution in [0.1, 0.15) is 85.8 Å². The third-order valence-corrected chi connectivity index (χ3v) is 8.27. The summed E-state index contributed by atoms with van der Waals surface area (Å²) in [6, 6.07) is 7.42. The van der Waals surface area contributed by atoms with Crippen molar-refractivity contribution in [1.29, 1.82) is 0 Å². The molecule has 0 saturated heterocycles. The molecule has 0 aliphatic rings. The van der Waals surface area contributed by atoms with Crippen molar-refractivity contribution in [2.24, 2.45) is 0 Å². The predicted molar refractivity (Wildman–Crippen MR) is 214 cm³/mol. The molecule has 0 radical (unpaired) electrons. The summed E-state index contributed by atoms with van der Waals surface area (Å²) in [6.45, 7) is 15.1. The third-order valence-electron chi connectivity index (χ3n) is 8.27. The van der Waals surface area contributed by atoms with E-state index >= 15 is 0 Å². The molecule has 58 heavy (non-hydrogen) atoms. The monoisotopic (exact) mass is 824 g/mol. The van der Waals surface area contributed by atoms with E-state index < -0.39 is 47.6 Å². The molecule has 330 valence electrons. The van der Waals surface area contributed by atoms with Gasteiger partial charge in [-0.05, 0) is 98.6 Å². The molecule has 0 aliphatic carbocycles. The SMILES string of the molecule is CCOC(=O)CN(CCN(CCN(CC(=O)OCC)CC(=O)OCC)C(CCCc1ccc(CCCONC(=O)OC(C)(C)C)cc1)C(=O)OCC)CC(=O)OCC. The van der Waals surface area contributed by atoms with Crippen LogP contribution < -0.4 is 5.48 Å². The van der Waals surface area contributed by atoms with Gasteiger partial charge in [0.1, 0.15) is 11.6 Å². The summed E-state index contributed by atoms with van der Waals surface area (Å²) < 4.78 is 31.3. The molecule has 1 unspecified atom stereocenters. The first-order valence-electron chi connectivity index (χ1n) is 20.3. The lowest BCUT2D eigenvalue weighted by Gasteiger charge is -2.33. The Balaban J connectivity index is 3.18. The quantitative estimate of drug-likeness (QED) is 0.0513. The second-order valence-electron chi connectivity index (χ2n) is 14.2. The highest BCUT2D eigenvalue weighted by Gasteiger charge is 2.29. The van der Waals surface area contributed by atoms with Gasteiger partial charge in [-0.25, -0.2) is 4.79 Å². The van der Waals surface area contributed by atoms with E-state index in [-0.39, 0.29) is 85.4 Å². The highest BCUT2D eigenvalue weighted by Crippen LogP contribution is 2.16. The second-order valence-corrected chi connectivity index (χ2v) is 14.2. The predicted octanol–water partition coefficient (Wildman–Crippen LogP) is 3.49. The number of hydrogen-bond donors (Lipinski definition) is 1. The van der Waals surface area contributed by atoms with Crippen LogP contribution in [-0.2, 0) is 70.1 Å². The number of carbonyl (C=O) groups excluding carboxylic acids is 6. The summed E-state index contributed by atoms with van der Waals surface area (Å²) in [5, 5.41) is 0. The molecule has 17 nitrogen and oxygen atoms in total. The number of nitrogens with zero attached hydrogens (tertiary/aromatic N) is 3.